The third-order valence-corrected chi connectivity index (χ3v) is 3.37. The Morgan fingerprint density at radius 2 is 1.67 bits per heavy atom. The highest BCUT2D eigenvalue weighted by molar-refractivity contribution is 5.36. The van der Waals surface area contributed by atoms with Gasteiger partial charge in [-0.3, -0.25) is 11.3 Å². The van der Waals surface area contributed by atoms with Gasteiger partial charge in [0.15, 0.2) is 0 Å². The molecular formula is C15H26N2O. The van der Waals surface area contributed by atoms with Gasteiger partial charge in [0.1, 0.15) is 5.75 Å². The van der Waals surface area contributed by atoms with Gasteiger partial charge in [0.05, 0.1) is 12.1 Å². The summed E-state index contributed by atoms with van der Waals surface area (Å²) in [5.74, 6) is 7.65. The maximum Gasteiger partial charge on any atom is 0.124 e. The normalized spacial score (nSPS) is 14.9. The summed E-state index contributed by atoms with van der Waals surface area (Å²) in [5.41, 5.74) is 4.07. The van der Waals surface area contributed by atoms with Crippen LogP contribution in [0.3, 0.4) is 0 Å². The summed E-state index contributed by atoms with van der Waals surface area (Å²) in [4.78, 5) is 0. The van der Waals surface area contributed by atoms with Crippen LogP contribution in [0.15, 0.2) is 24.3 Å². The number of nitrogens with two attached hydrogens (primary N) is 1. The van der Waals surface area contributed by atoms with Gasteiger partial charge >= 0.3 is 0 Å². The van der Waals surface area contributed by atoms with Crippen LogP contribution in [0.4, 0.5) is 0 Å². The second kappa shape index (κ2) is 6.76. The quantitative estimate of drug-likeness (QED) is 0.601. The molecule has 0 aliphatic carbocycles. The van der Waals surface area contributed by atoms with Crippen molar-refractivity contribution in [2.24, 2.45) is 17.7 Å². The molecule has 0 fully saturated rings. The number of hydrogen-bond donors (Lipinski definition) is 2. The fourth-order valence-corrected chi connectivity index (χ4v) is 2.01. The van der Waals surface area contributed by atoms with Crippen LogP contribution < -0.4 is 16.0 Å². The zero-order chi connectivity index (χ0) is 13.7. The zero-order valence-corrected chi connectivity index (χ0v) is 12.1. The molecule has 0 aliphatic heterocycles. The van der Waals surface area contributed by atoms with Gasteiger partial charge in [-0.1, -0.05) is 39.0 Å². The van der Waals surface area contributed by atoms with Crippen LogP contribution in [0.2, 0.25) is 0 Å². The summed E-state index contributed by atoms with van der Waals surface area (Å²) >= 11 is 0. The van der Waals surface area contributed by atoms with Crippen molar-refractivity contribution < 1.29 is 4.74 Å². The summed E-state index contributed by atoms with van der Waals surface area (Å²) in [6.07, 6.45) is 0.166. The zero-order valence-electron chi connectivity index (χ0n) is 12.1. The van der Waals surface area contributed by atoms with E-state index in [-0.39, 0.29) is 12.1 Å². The molecule has 1 aromatic rings. The smallest absolute Gasteiger partial charge is 0.124 e. The first-order valence-corrected chi connectivity index (χ1v) is 6.69. The lowest BCUT2D eigenvalue weighted by Crippen LogP contribution is -2.34. The number of nitrogens with one attached hydrogen (secondary N) is 1. The first-order chi connectivity index (χ1) is 8.47. The molecule has 0 radical (unpaired) electrons. The Morgan fingerprint density at radius 1 is 1.06 bits per heavy atom. The van der Waals surface area contributed by atoms with E-state index in [1.54, 1.807) is 0 Å². The molecule has 2 unspecified atom stereocenters. The SMILES string of the molecule is CC(C)Oc1ccccc1C(NN)C(C)C(C)C. The number of rotatable bonds is 6. The molecule has 0 saturated carbocycles. The Labute approximate surface area is 111 Å². The fraction of sp³-hybridized carbons (Fsp3) is 0.600. The lowest BCUT2D eigenvalue weighted by molar-refractivity contribution is 0.230. The molecule has 0 aliphatic rings. The molecule has 0 spiro atoms. The Hall–Kier alpha value is -1.06. The maximum atomic E-state index is 5.86. The van der Waals surface area contributed by atoms with Gasteiger partial charge in [-0.25, -0.2) is 0 Å². The first-order valence-electron chi connectivity index (χ1n) is 6.69. The van der Waals surface area contributed by atoms with Gasteiger partial charge in [-0.2, -0.15) is 0 Å². The lowest BCUT2D eigenvalue weighted by Gasteiger charge is -2.28. The summed E-state index contributed by atoms with van der Waals surface area (Å²) in [6.45, 7) is 10.7. The van der Waals surface area contributed by atoms with Crippen molar-refractivity contribution in [1.82, 2.24) is 5.43 Å². The molecule has 1 aromatic carbocycles. The average Bonchev–Trinajstić information content (AvgIpc) is 2.31. The van der Waals surface area contributed by atoms with Gasteiger partial charge in [0.25, 0.3) is 0 Å². The molecular weight excluding hydrogens is 224 g/mol. The highest BCUT2D eigenvalue weighted by Gasteiger charge is 2.23. The predicted molar refractivity (Wildman–Crippen MR) is 76.3 cm³/mol. The third-order valence-electron chi connectivity index (χ3n) is 3.37. The average molecular weight is 250 g/mol. The molecule has 18 heavy (non-hydrogen) atoms. The summed E-state index contributed by atoms with van der Waals surface area (Å²) in [5, 5.41) is 0. The topological polar surface area (TPSA) is 47.3 Å². The van der Waals surface area contributed by atoms with E-state index in [0.717, 1.165) is 11.3 Å². The number of benzene rings is 1. The minimum Gasteiger partial charge on any atom is -0.491 e. The van der Waals surface area contributed by atoms with E-state index < -0.39 is 0 Å². The molecule has 0 heterocycles. The van der Waals surface area contributed by atoms with Gasteiger partial charge in [0, 0.05) is 5.56 Å². The second-order valence-electron chi connectivity index (χ2n) is 5.45. The molecule has 102 valence electrons. The molecule has 3 N–H and O–H groups in total. The van der Waals surface area contributed by atoms with Gasteiger partial charge in [0.2, 0.25) is 0 Å². The van der Waals surface area contributed by atoms with E-state index in [9.17, 15) is 0 Å². The second-order valence-corrected chi connectivity index (χ2v) is 5.45. The monoisotopic (exact) mass is 250 g/mol. The van der Waals surface area contributed by atoms with Gasteiger partial charge in [-0.05, 0) is 31.7 Å². The minimum absolute atomic E-state index is 0.111. The van der Waals surface area contributed by atoms with E-state index in [1.165, 1.54) is 0 Å². The molecule has 2 atom stereocenters. The van der Waals surface area contributed by atoms with Crippen LogP contribution >= 0.6 is 0 Å². The van der Waals surface area contributed by atoms with Crippen LogP contribution in [0.5, 0.6) is 5.75 Å². The van der Waals surface area contributed by atoms with Crippen molar-refractivity contribution in [3.63, 3.8) is 0 Å². The van der Waals surface area contributed by atoms with E-state index in [1.807, 2.05) is 32.0 Å². The molecule has 3 nitrogen and oxygen atoms in total. The molecule has 1 rings (SSSR count). The van der Waals surface area contributed by atoms with Crippen molar-refractivity contribution in [2.75, 3.05) is 0 Å². The standard InChI is InChI=1S/C15H26N2O/c1-10(2)12(5)15(17-16)13-8-6-7-9-14(13)18-11(3)4/h6-12,15,17H,16H2,1-5H3. The maximum absolute atomic E-state index is 5.86. The van der Waals surface area contributed by atoms with Crippen LogP contribution in [0.1, 0.15) is 46.2 Å². The van der Waals surface area contributed by atoms with E-state index >= 15 is 0 Å². The van der Waals surface area contributed by atoms with Crippen LogP contribution in [0.25, 0.3) is 0 Å². The van der Waals surface area contributed by atoms with Gasteiger partial charge < -0.3 is 4.74 Å². The summed E-state index contributed by atoms with van der Waals surface area (Å²) < 4.78 is 5.86. The van der Waals surface area contributed by atoms with E-state index in [2.05, 4.69) is 32.3 Å². The lowest BCUT2D eigenvalue weighted by atomic mass is 9.86. The summed E-state index contributed by atoms with van der Waals surface area (Å²) in [6, 6.07) is 8.22. The van der Waals surface area contributed by atoms with E-state index in [0.29, 0.717) is 11.8 Å². The van der Waals surface area contributed by atoms with Crippen molar-refractivity contribution in [3.8, 4) is 5.75 Å². The molecule has 0 amide bonds. The number of hydrazine groups is 1. The van der Waals surface area contributed by atoms with Crippen molar-refractivity contribution in [2.45, 2.75) is 46.8 Å². The van der Waals surface area contributed by atoms with Gasteiger partial charge in [-0.15, -0.1) is 0 Å². The molecule has 0 aromatic heterocycles. The first kappa shape index (κ1) is 15.0. The van der Waals surface area contributed by atoms with E-state index in [4.69, 9.17) is 10.6 Å². The Bertz CT molecular complexity index is 363. The predicted octanol–water partition coefficient (Wildman–Crippen LogP) is 3.27. The Balaban J connectivity index is 3.05. The number of para-hydroxylation sites is 1. The molecule has 0 bridgehead atoms. The van der Waals surface area contributed by atoms with Crippen LogP contribution in [-0.4, -0.2) is 6.10 Å². The highest BCUT2D eigenvalue weighted by atomic mass is 16.5. The van der Waals surface area contributed by atoms with Crippen molar-refractivity contribution >= 4 is 0 Å². The largest absolute Gasteiger partial charge is 0.491 e. The summed E-state index contributed by atoms with van der Waals surface area (Å²) in [7, 11) is 0. The third kappa shape index (κ3) is 3.72. The highest BCUT2D eigenvalue weighted by Crippen LogP contribution is 2.33. The fourth-order valence-electron chi connectivity index (χ4n) is 2.01. The molecule has 3 heteroatoms. The molecule has 0 saturated heterocycles. The minimum atomic E-state index is 0.111. The van der Waals surface area contributed by atoms with Crippen LogP contribution in [0, 0.1) is 11.8 Å². The number of ether oxygens (including phenoxy) is 1. The Kier molecular flexibility index (Phi) is 5.63. The number of hydrogen-bond acceptors (Lipinski definition) is 3. The van der Waals surface area contributed by atoms with Crippen molar-refractivity contribution in [3.05, 3.63) is 29.8 Å². The van der Waals surface area contributed by atoms with Crippen LogP contribution in [-0.2, 0) is 0 Å². The van der Waals surface area contributed by atoms with Crippen molar-refractivity contribution in [1.29, 1.82) is 0 Å². The Morgan fingerprint density at radius 3 is 2.17 bits per heavy atom.